The molecule has 3 heteroatoms. The number of alkyl halides is 1. The molecule has 0 fully saturated rings. The van der Waals surface area contributed by atoms with Crippen LogP contribution in [0.4, 0.5) is 0 Å². The number of halogens is 1. The van der Waals surface area contributed by atoms with Gasteiger partial charge >= 0.3 is 0 Å². The molecule has 1 aromatic heterocycles. The predicted octanol–water partition coefficient (Wildman–Crippen LogP) is 4.77. The fraction of sp³-hybridized carbons (Fsp3) is 0.0625. The van der Waals surface area contributed by atoms with E-state index in [9.17, 15) is 0 Å². The van der Waals surface area contributed by atoms with Crippen molar-refractivity contribution in [3.8, 4) is 11.6 Å². The zero-order valence-electron chi connectivity index (χ0n) is 10.2. The summed E-state index contributed by atoms with van der Waals surface area (Å²) in [6, 6.07) is 19.5. The molecule has 2 nitrogen and oxygen atoms in total. The Kier molecular flexibility index (Phi) is 3.34. The van der Waals surface area contributed by atoms with Crippen molar-refractivity contribution in [2.75, 3.05) is 0 Å². The van der Waals surface area contributed by atoms with Crippen molar-refractivity contribution in [2.24, 2.45) is 0 Å². The first kappa shape index (κ1) is 12.0. The van der Waals surface area contributed by atoms with Gasteiger partial charge in [-0.1, -0.05) is 36.4 Å². The Morgan fingerprint density at radius 3 is 2.47 bits per heavy atom. The summed E-state index contributed by atoms with van der Waals surface area (Å²) in [5, 5.41) is 1.07. The Labute approximate surface area is 116 Å². The maximum absolute atomic E-state index is 5.98. The van der Waals surface area contributed by atoms with E-state index in [1.54, 1.807) is 0 Å². The number of hydrogen-bond acceptors (Lipinski definition) is 2. The average molecular weight is 270 g/mol. The van der Waals surface area contributed by atoms with Gasteiger partial charge < -0.3 is 4.74 Å². The first-order valence-electron chi connectivity index (χ1n) is 6.04. The van der Waals surface area contributed by atoms with Crippen molar-refractivity contribution in [2.45, 2.75) is 5.88 Å². The van der Waals surface area contributed by atoms with E-state index in [2.05, 4.69) is 4.98 Å². The van der Waals surface area contributed by atoms with Crippen molar-refractivity contribution < 1.29 is 4.74 Å². The average Bonchev–Trinajstić information content (AvgIpc) is 2.47. The Morgan fingerprint density at radius 2 is 1.68 bits per heavy atom. The molecular formula is C16H12ClNO. The molecule has 0 bridgehead atoms. The fourth-order valence-electron chi connectivity index (χ4n) is 1.93. The number of pyridine rings is 1. The van der Waals surface area contributed by atoms with E-state index < -0.39 is 0 Å². The summed E-state index contributed by atoms with van der Waals surface area (Å²) < 4.78 is 5.81. The third-order valence-corrected chi connectivity index (χ3v) is 3.15. The fourth-order valence-corrected chi connectivity index (χ4v) is 2.12. The molecule has 0 N–H and O–H groups in total. The van der Waals surface area contributed by atoms with Gasteiger partial charge in [0, 0.05) is 10.9 Å². The van der Waals surface area contributed by atoms with Crippen LogP contribution >= 0.6 is 11.6 Å². The third kappa shape index (κ3) is 2.54. The monoisotopic (exact) mass is 269 g/mol. The highest BCUT2D eigenvalue weighted by Gasteiger charge is 2.08. The van der Waals surface area contributed by atoms with E-state index >= 15 is 0 Å². The Hall–Kier alpha value is -2.06. The topological polar surface area (TPSA) is 22.1 Å². The SMILES string of the molecule is ClCc1cc2ccccc2nc1Oc1ccccc1. The minimum atomic E-state index is 0.375. The van der Waals surface area contributed by atoms with Crippen molar-refractivity contribution >= 4 is 22.5 Å². The van der Waals surface area contributed by atoms with Gasteiger partial charge in [0.2, 0.25) is 5.88 Å². The van der Waals surface area contributed by atoms with Gasteiger partial charge in [-0.2, -0.15) is 0 Å². The number of fused-ring (bicyclic) bond motifs is 1. The molecule has 0 aliphatic rings. The molecule has 3 rings (SSSR count). The number of rotatable bonds is 3. The zero-order valence-corrected chi connectivity index (χ0v) is 11.0. The lowest BCUT2D eigenvalue weighted by Crippen LogP contribution is -1.94. The minimum Gasteiger partial charge on any atom is -0.439 e. The van der Waals surface area contributed by atoms with Crippen LogP contribution < -0.4 is 4.74 Å². The molecule has 1 heterocycles. The lowest BCUT2D eigenvalue weighted by molar-refractivity contribution is 0.460. The normalized spacial score (nSPS) is 10.6. The van der Waals surface area contributed by atoms with Crippen molar-refractivity contribution in [1.82, 2.24) is 4.98 Å². The summed E-state index contributed by atoms with van der Waals surface area (Å²) in [6.45, 7) is 0. The summed E-state index contributed by atoms with van der Waals surface area (Å²) in [5.74, 6) is 1.71. The van der Waals surface area contributed by atoms with Crippen LogP contribution in [0.15, 0.2) is 60.7 Å². The summed E-state index contributed by atoms with van der Waals surface area (Å²) in [4.78, 5) is 4.53. The molecule has 0 saturated heterocycles. The molecule has 0 atom stereocenters. The molecule has 94 valence electrons. The Morgan fingerprint density at radius 1 is 0.947 bits per heavy atom. The van der Waals surface area contributed by atoms with Gasteiger partial charge in [0.25, 0.3) is 0 Å². The van der Waals surface area contributed by atoms with Crippen LogP contribution in [0.3, 0.4) is 0 Å². The quantitative estimate of drug-likeness (QED) is 0.639. The number of aromatic nitrogens is 1. The Bertz CT molecular complexity index is 697. The lowest BCUT2D eigenvalue weighted by Gasteiger charge is -2.09. The summed E-state index contributed by atoms with van der Waals surface area (Å²) in [5.41, 5.74) is 1.80. The van der Waals surface area contributed by atoms with E-state index in [1.165, 1.54) is 0 Å². The van der Waals surface area contributed by atoms with E-state index in [1.807, 2.05) is 60.7 Å². The van der Waals surface area contributed by atoms with Gasteiger partial charge in [-0.3, -0.25) is 0 Å². The van der Waals surface area contributed by atoms with Crippen molar-refractivity contribution in [1.29, 1.82) is 0 Å². The van der Waals surface area contributed by atoms with Gasteiger partial charge in [-0.25, -0.2) is 4.98 Å². The van der Waals surface area contributed by atoms with Gasteiger partial charge in [0.05, 0.1) is 11.4 Å². The number of ether oxygens (including phenoxy) is 1. The molecule has 19 heavy (non-hydrogen) atoms. The van der Waals surface area contributed by atoms with Crippen LogP contribution in [0.25, 0.3) is 10.9 Å². The van der Waals surface area contributed by atoms with Crippen LogP contribution in [0.2, 0.25) is 0 Å². The second kappa shape index (κ2) is 5.29. The smallest absolute Gasteiger partial charge is 0.224 e. The van der Waals surface area contributed by atoms with Gasteiger partial charge in [-0.15, -0.1) is 11.6 Å². The standard InChI is InChI=1S/C16H12ClNO/c17-11-13-10-12-6-4-5-9-15(12)18-16(13)19-14-7-2-1-3-8-14/h1-10H,11H2. The van der Waals surface area contributed by atoms with Gasteiger partial charge in [0.1, 0.15) is 5.75 Å². The summed E-state index contributed by atoms with van der Waals surface area (Å²) >= 11 is 5.98. The predicted molar refractivity (Wildman–Crippen MR) is 77.8 cm³/mol. The van der Waals surface area contributed by atoms with E-state index in [4.69, 9.17) is 16.3 Å². The van der Waals surface area contributed by atoms with E-state index in [0.717, 1.165) is 22.2 Å². The van der Waals surface area contributed by atoms with Crippen LogP contribution in [-0.2, 0) is 5.88 Å². The second-order valence-electron chi connectivity index (χ2n) is 4.19. The highest BCUT2D eigenvalue weighted by Crippen LogP contribution is 2.27. The van der Waals surface area contributed by atoms with Crippen LogP contribution in [-0.4, -0.2) is 4.98 Å². The molecule has 0 saturated carbocycles. The molecule has 3 aromatic rings. The molecule has 0 spiro atoms. The van der Waals surface area contributed by atoms with Crippen LogP contribution in [0, 0.1) is 0 Å². The van der Waals surface area contributed by atoms with Crippen molar-refractivity contribution in [3.63, 3.8) is 0 Å². The largest absolute Gasteiger partial charge is 0.439 e. The summed E-state index contributed by atoms with van der Waals surface area (Å²) in [6.07, 6.45) is 0. The van der Waals surface area contributed by atoms with Gasteiger partial charge in [-0.05, 0) is 24.3 Å². The Balaban J connectivity index is 2.06. The first-order chi connectivity index (χ1) is 9.36. The minimum absolute atomic E-state index is 0.375. The molecule has 0 aliphatic carbocycles. The van der Waals surface area contributed by atoms with Crippen LogP contribution in [0.5, 0.6) is 11.6 Å². The first-order valence-corrected chi connectivity index (χ1v) is 6.58. The second-order valence-corrected chi connectivity index (χ2v) is 4.46. The maximum atomic E-state index is 5.98. The van der Waals surface area contributed by atoms with E-state index in [0.29, 0.717) is 11.8 Å². The van der Waals surface area contributed by atoms with Crippen molar-refractivity contribution in [3.05, 3.63) is 66.2 Å². The number of nitrogens with zero attached hydrogens (tertiary/aromatic N) is 1. The van der Waals surface area contributed by atoms with E-state index in [-0.39, 0.29) is 0 Å². The molecule has 2 aromatic carbocycles. The molecule has 0 radical (unpaired) electrons. The number of hydrogen-bond donors (Lipinski definition) is 0. The summed E-state index contributed by atoms with van der Waals surface area (Å²) in [7, 11) is 0. The molecule has 0 aliphatic heterocycles. The highest BCUT2D eigenvalue weighted by atomic mass is 35.5. The molecular weight excluding hydrogens is 258 g/mol. The maximum Gasteiger partial charge on any atom is 0.224 e. The zero-order chi connectivity index (χ0) is 13.1. The van der Waals surface area contributed by atoms with Crippen LogP contribution in [0.1, 0.15) is 5.56 Å². The molecule has 0 unspecified atom stereocenters. The number of benzene rings is 2. The molecule has 0 amide bonds. The van der Waals surface area contributed by atoms with Gasteiger partial charge in [0.15, 0.2) is 0 Å². The third-order valence-electron chi connectivity index (χ3n) is 2.86. The lowest BCUT2D eigenvalue weighted by atomic mass is 10.2. The number of para-hydroxylation sites is 2. The highest BCUT2D eigenvalue weighted by molar-refractivity contribution is 6.17.